The highest BCUT2D eigenvalue weighted by molar-refractivity contribution is 7.10. The summed E-state index contributed by atoms with van der Waals surface area (Å²) in [6.07, 6.45) is 0. The van der Waals surface area contributed by atoms with Crippen LogP contribution in [0.15, 0.2) is 29.6 Å². The van der Waals surface area contributed by atoms with Gasteiger partial charge in [-0.15, -0.1) is 11.3 Å². The molecule has 1 aromatic carbocycles. The SMILES string of the molecule is CCNC(c1cc(F)ccc1C)c1sccc1Cl. The molecule has 1 heterocycles. The van der Waals surface area contributed by atoms with Gasteiger partial charge >= 0.3 is 0 Å². The zero-order valence-corrected chi connectivity index (χ0v) is 11.9. The van der Waals surface area contributed by atoms with Crippen LogP contribution in [-0.4, -0.2) is 6.54 Å². The molecule has 1 nitrogen and oxygen atoms in total. The smallest absolute Gasteiger partial charge is 0.123 e. The van der Waals surface area contributed by atoms with E-state index in [2.05, 4.69) is 5.32 Å². The molecule has 0 radical (unpaired) electrons. The fourth-order valence-corrected chi connectivity index (χ4v) is 3.24. The minimum absolute atomic E-state index is 0.0433. The molecule has 0 spiro atoms. The van der Waals surface area contributed by atoms with E-state index in [1.165, 1.54) is 6.07 Å². The van der Waals surface area contributed by atoms with Gasteiger partial charge in [-0.25, -0.2) is 4.39 Å². The maximum atomic E-state index is 13.4. The lowest BCUT2D eigenvalue weighted by Gasteiger charge is -2.20. The van der Waals surface area contributed by atoms with Crippen molar-refractivity contribution < 1.29 is 4.39 Å². The molecule has 1 aromatic heterocycles. The predicted molar refractivity (Wildman–Crippen MR) is 76.0 cm³/mol. The van der Waals surface area contributed by atoms with Gasteiger partial charge in [0.2, 0.25) is 0 Å². The van der Waals surface area contributed by atoms with Gasteiger partial charge in [0.1, 0.15) is 5.82 Å². The Morgan fingerprint density at radius 1 is 1.39 bits per heavy atom. The fourth-order valence-electron chi connectivity index (χ4n) is 1.98. The summed E-state index contributed by atoms with van der Waals surface area (Å²) in [5, 5.41) is 6.06. The third-order valence-corrected chi connectivity index (χ3v) is 4.29. The largest absolute Gasteiger partial charge is 0.306 e. The first-order valence-electron chi connectivity index (χ1n) is 5.85. The molecule has 1 unspecified atom stereocenters. The highest BCUT2D eigenvalue weighted by Gasteiger charge is 2.19. The zero-order valence-electron chi connectivity index (χ0n) is 10.3. The summed E-state index contributed by atoms with van der Waals surface area (Å²) >= 11 is 7.78. The minimum Gasteiger partial charge on any atom is -0.306 e. The molecule has 2 rings (SSSR count). The summed E-state index contributed by atoms with van der Waals surface area (Å²) in [5.41, 5.74) is 2.01. The van der Waals surface area contributed by atoms with Gasteiger partial charge in [-0.1, -0.05) is 24.6 Å². The van der Waals surface area contributed by atoms with Crippen molar-refractivity contribution in [3.05, 3.63) is 56.5 Å². The number of rotatable bonds is 4. The van der Waals surface area contributed by atoms with E-state index in [0.29, 0.717) is 0 Å². The first-order valence-corrected chi connectivity index (χ1v) is 7.11. The third-order valence-electron chi connectivity index (χ3n) is 2.87. The molecule has 18 heavy (non-hydrogen) atoms. The summed E-state index contributed by atoms with van der Waals surface area (Å²) in [5.74, 6) is -0.216. The standard InChI is InChI=1S/C14H15ClFNS/c1-3-17-13(14-12(15)6-7-18-14)11-8-10(16)5-4-9(11)2/h4-8,13,17H,3H2,1-2H3. The lowest BCUT2D eigenvalue weighted by atomic mass is 9.99. The van der Waals surface area contributed by atoms with Crippen molar-refractivity contribution in [3.63, 3.8) is 0 Å². The topological polar surface area (TPSA) is 12.0 Å². The lowest BCUT2D eigenvalue weighted by molar-refractivity contribution is 0.604. The average molecular weight is 284 g/mol. The molecular formula is C14H15ClFNS. The van der Waals surface area contributed by atoms with E-state index in [9.17, 15) is 4.39 Å². The van der Waals surface area contributed by atoms with Crippen LogP contribution in [0.5, 0.6) is 0 Å². The molecule has 0 saturated carbocycles. The normalized spacial score (nSPS) is 12.7. The quantitative estimate of drug-likeness (QED) is 0.868. The lowest BCUT2D eigenvalue weighted by Crippen LogP contribution is -2.22. The van der Waals surface area contributed by atoms with Crippen molar-refractivity contribution in [3.8, 4) is 0 Å². The molecule has 0 aliphatic carbocycles. The number of benzene rings is 1. The summed E-state index contributed by atoms with van der Waals surface area (Å²) < 4.78 is 13.4. The van der Waals surface area contributed by atoms with Crippen LogP contribution >= 0.6 is 22.9 Å². The maximum Gasteiger partial charge on any atom is 0.123 e. The van der Waals surface area contributed by atoms with Crippen molar-refractivity contribution >= 4 is 22.9 Å². The van der Waals surface area contributed by atoms with E-state index in [-0.39, 0.29) is 11.9 Å². The zero-order chi connectivity index (χ0) is 13.1. The maximum absolute atomic E-state index is 13.4. The molecule has 1 atom stereocenters. The van der Waals surface area contributed by atoms with Gasteiger partial charge in [0.15, 0.2) is 0 Å². The first kappa shape index (κ1) is 13.5. The molecule has 0 amide bonds. The van der Waals surface area contributed by atoms with Crippen LogP contribution in [-0.2, 0) is 0 Å². The number of hydrogen-bond acceptors (Lipinski definition) is 2. The van der Waals surface area contributed by atoms with Gasteiger partial charge in [-0.05, 0) is 48.2 Å². The molecule has 1 N–H and O–H groups in total. The van der Waals surface area contributed by atoms with E-state index >= 15 is 0 Å². The molecule has 4 heteroatoms. The van der Waals surface area contributed by atoms with Crippen molar-refractivity contribution in [2.75, 3.05) is 6.54 Å². The van der Waals surface area contributed by atoms with E-state index in [1.54, 1.807) is 23.5 Å². The number of nitrogens with one attached hydrogen (secondary N) is 1. The molecule has 0 saturated heterocycles. The van der Waals surface area contributed by atoms with E-state index < -0.39 is 0 Å². The summed E-state index contributed by atoms with van der Waals surface area (Å²) in [7, 11) is 0. The van der Waals surface area contributed by atoms with E-state index in [4.69, 9.17) is 11.6 Å². The second-order valence-corrected chi connectivity index (χ2v) is 5.48. The van der Waals surface area contributed by atoms with Gasteiger partial charge in [0.05, 0.1) is 11.1 Å². The Labute approximate surface area is 116 Å². The Kier molecular flexibility index (Phi) is 4.38. The van der Waals surface area contributed by atoms with Crippen molar-refractivity contribution in [2.24, 2.45) is 0 Å². The number of thiophene rings is 1. The van der Waals surface area contributed by atoms with Crippen molar-refractivity contribution in [1.82, 2.24) is 5.32 Å². The second kappa shape index (κ2) is 5.83. The first-order chi connectivity index (χ1) is 8.63. The summed E-state index contributed by atoms with van der Waals surface area (Å²) in [4.78, 5) is 1.03. The molecule has 0 aliphatic heterocycles. The molecular weight excluding hydrogens is 269 g/mol. The van der Waals surface area contributed by atoms with Gasteiger partial charge in [-0.3, -0.25) is 0 Å². The predicted octanol–water partition coefficient (Wildman–Crippen LogP) is 4.55. The Morgan fingerprint density at radius 3 is 2.78 bits per heavy atom. The third kappa shape index (κ3) is 2.74. The Bertz CT molecular complexity index is 538. The Hall–Kier alpha value is -0.900. The molecule has 0 bridgehead atoms. The monoisotopic (exact) mass is 283 g/mol. The summed E-state index contributed by atoms with van der Waals surface area (Å²) in [6, 6.07) is 6.70. The van der Waals surface area contributed by atoms with Crippen LogP contribution in [0.2, 0.25) is 5.02 Å². The Balaban J connectivity index is 2.48. The van der Waals surface area contributed by atoms with Crippen LogP contribution in [0.3, 0.4) is 0 Å². The van der Waals surface area contributed by atoms with Gasteiger partial charge in [0, 0.05) is 4.88 Å². The van der Waals surface area contributed by atoms with E-state index in [0.717, 1.165) is 27.6 Å². The number of hydrogen-bond donors (Lipinski definition) is 1. The molecule has 96 valence electrons. The molecule has 2 aromatic rings. The average Bonchev–Trinajstić information content (AvgIpc) is 2.76. The number of halogens is 2. The van der Waals surface area contributed by atoms with Crippen LogP contribution in [0, 0.1) is 12.7 Å². The van der Waals surface area contributed by atoms with Crippen LogP contribution in [0.4, 0.5) is 4.39 Å². The molecule has 0 aliphatic rings. The fraction of sp³-hybridized carbons (Fsp3) is 0.286. The van der Waals surface area contributed by atoms with Crippen LogP contribution in [0.1, 0.15) is 29.0 Å². The highest BCUT2D eigenvalue weighted by atomic mass is 35.5. The van der Waals surface area contributed by atoms with Gasteiger partial charge in [-0.2, -0.15) is 0 Å². The second-order valence-electron chi connectivity index (χ2n) is 4.12. The Morgan fingerprint density at radius 2 is 2.17 bits per heavy atom. The van der Waals surface area contributed by atoms with Gasteiger partial charge < -0.3 is 5.32 Å². The van der Waals surface area contributed by atoms with E-state index in [1.807, 2.05) is 25.3 Å². The highest BCUT2D eigenvalue weighted by Crippen LogP contribution is 2.34. The van der Waals surface area contributed by atoms with Crippen LogP contribution < -0.4 is 5.32 Å². The van der Waals surface area contributed by atoms with Crippen LogP contribution in [0.25, 0.3) is 0 Å². The van der Waals surface area contributed by atoms with Crippen molar-refractivity contribution in [1.29, 1.82) is 0 Å². The molecule has 0 fully saturated rings. The van der Waals surface area contributed by atoms with Crippen molar-refractivity contribution in [2.45, 2.75) is 19.9 Å². The minimum atomic E-state index is -0.216. The number of aryl methyl sites for hydroxylation is 1. The summed E-state index contributed by atoms with van der Waals surface area (Å²) in [6.45, 7) is 4.82. The van der Waals surface area contributed by atoms with Gasteiger partial charge in [0.25, 0.3) is 0 Å².